The molecule has 0 aliphatic carbocycles. The summed E-state index contributed by atoms with van der Waals surface area (Å²) in [7, 11) is 0. The number of hydrogen-bond acceptors (Lipinski definition) is 4. The molecule has 2 aromatic rings. The van der Waals surface area contributed by atoms with Crippen LogP contribution in [0.2, 0.25) is 0 Å². The number of ether oxygens (including phenoxy) is 1. The predicted molar refractivity (Wildman–Crippen MR) is 109 cm³/mol. The van der Waals surface area contributed by atoms with Gasteiger partial charge in [-0.05, 0) is 54.4 Å². The molecule has 148 valence electrons. The third kappa shape index (κ3) is 6.02. The Morgan fingerprint density at radius 3 is 2.54 bits per heavy atom. The van der Waals surface area contributed by atoms with Crippen LogP contribution in [0.1, 0.15) is 41.3 Å². The zero-order valence-corrected chi connectivity index (χ0v) is 16.7. The summed E-state index contributed by atoms with van der Waals surface area (Å²) in [5, 5.41) is 2.12. The van der Waals surface area contributed by atoms with Gasteiger partial charge < -0.3 is 4.74 Å². The molecule has 2 rings (SSSR count). The number of hydrazine groups is 1. The molecule has 0 radical (unpaired) electrons. The minimum absolute atomic E-state index is 0.151. The summed E-state index contributed by atoms with van der Waals surface area (Å²) in [6, 6.07) is 11.3. The van der Waals surface area contributed by atoms with Crippen molar-refractivity contribution in [2.24, 2.45) is 0 Å². The molecule has 0 aliphatic rings. The fraction of sp³-hybridized carbons (Fsp3) is 0.250. The zero-order valence-electron chi connectivity index (χ0n) is 15.8. The Bertz CT molecular complexity index is 887. The second-order valence-electron chi connectivity index (χ2n) is 6.42. The first-order valence-corrected chi connectivity index (χ1v) is 9.06. The summed E-state index contributed by atoms with van der Waals surface area (Å²) in [6.45, 7) is 5.78. The van der Waals surface area contributed by atoms with E-state index >= 15 is 0 Å². The highest BCUT2D eigenvalue weighted by molar-refractivity contribution is 7.80. The number of carbonyl (C=O) groups is 2. The molecule has 0 unspecified atom stereocenters. The van der Waals surface area contributed by atoms with E-state index < -0.39 is 17.6 Å². The van der Waals surface area contributed by atoms with Gasteiger partial charge in [0.2, 0.25) is 0 Å². The fourth-order valence-electron chi connectivity index (χ4n) is 2.40. The molecule has 0 fully saturated rings. The van der Waals surface area contributed by atoms with E-state index in [4.69, 9.17) is 17.0 Å². The highest BCUT2D eigenvalue weighted by Gasteiger charge is 2.13. The Hall–Kier alpha value is -3.00. The monoisotopic (exact) mass is 403 g/mol. The Labute approximate surface area is 168 Å². The first-order chi connectivity index (χ1) is 13.3. The van der Waals surface area contributed by atoms with Crippen LogP contribution in [0.25, 0.3) is 0 Å². The highest BCUT2D eigenvalue weighted by atomic mass is 32.1. The van der Waals surface area contributed by atoms with Crippen LogP contribution in [0.15, 0.2) is 42.5 Å². The first kappa shape index (κ1) is 21.3. The maximum Gasteiger partial charge on any atom is 0.276 e. The Balaban J connectivity index is 1.83. The molecule has 0 bridgehead atoms. The van der Waals surface area contributed by atoms with Crippen molar-refractivity contribution in [3.63, 3.8) is 0 Å². The van der Waals surface area contributed by atoms with Crippen LogP contribution in [0.5, 0.6) is 5.75 Å². The standard InChI is InChI=1S/C20H22FN3O3S/c1-12(2)14-9-8-13(3)10-17(14)27-11-18(25)23-24-20(28)22-19(26)15-6-4-5-7-16(15)21/h4-10,12H,11H2,1-3H3,(H,23,25)(H2,22,24,26,28). The molecular formula is C20H22FN3O3S. The van der Waals surface area contributed by atoms with Crippen molar-refractivity contribution in [3.05, 3.63) is 65.0 Å². The van der Waals surface area contributed by atoms with E-state index in [1.165, 1.54) is 24.3 Å². The largest absolute Gasteiger partial charge is 0.483 e. The average Bonchev–Trinajstić information content (AvgIpc) is 2.64. The Kier molecular flexibility index (Phi) is 7.45. The molecular weight excluding hydrogens is 381 g/mol. The molecule has 0 atom stereocenters. The topological polar surface area (TPSA) is 79.5 Å². The molecule has 0 saturated carbocycles. The number of halogens is 1. The van der Waals surface area contributed by atoms with Gasteiger partial charge in [-0.3, -0.25) is 25.8 Å². The molecule has 3 N–H and O–H groups in total. The molecule has 2 amide bonds. The van der Waals surface area contributed by atoms with E-state index in [0.29, 0.717) is 5.75 Å². The highest BCUT2D eigenvalue weighted by Crippen LogP contribution is 2.27. The smallest absolute Gasteiger partial charge is 0.276 e. The van der Waals surface area contributed by atoms with Crippen molar-refractivity contribution >= 4 is 29.1 Å². The molecule has 0 heterocycles. The lowest BCUT2D eigenvalue weighted by molar-refractivity contribution is -0.123. The SMILES string of the molecule is Cc1ccc(C(C)C)c(OCC(=O)NNC(=S)NC(=O)c2ccccc2F)c1. The average molecular weight is 403 g/mol. The van der Waals surface area contributed by atoms with E-state index in [0.717, 1.165) is 11.1 Å². The van der Waals surface area contributed by atoms with Crippen LogP contribution in [-0.2, 0) is 4.79 Å². The number of nitrogens with one attached hydrogen (secondary N) is 3. The third-order valence-corrected chi connectivity index (χ3v) is 4.01. The molecule has 0 saturated heterocycles. The molecule has 8 heteroatoms. The summed E-state index contributed by atoms with van der Waals surface area (Å²) >= 11 is 4.92. The van der Waals surface area contributed by atoms with Gasteiger partial charge in [-0.1, -0.05) is 38.1 Å². The van der Waals surface area contributed by atoms with Gasteiger partial charge in [0.25, 0.3) is 11.8 Å². The third-order valence-electron chi connectivity index (χ3n) is 3.81. The number of amides is 2. The number of carbonyl (C=O) groups excluding carboxylic acids is 2. The van der Waals surface area contributed by atoms with Crippen LogP contribution in [-0.4, -0.2) is 23.5 Å². The van der Waals surface area contributed by atoms with Gasteiger partial charge in [0.15, 0.2) is 11.7 Å². The van der Waals surface area contributed by atoms with Crippen molar-refractivity contribution in [1.82, 2.24) is 16.2 Å². The maximum atomic E-state index is 13.6. The van der Waals surface area contributed by atoms with E-state index in [1.807, 2.05) is 39.0 Å². The summed E-state index contributed by atoms with van der Waals surface area (Å²) in [4.78, 5) is 23.9. The number of aryl methyl sites for hydroxylation is 1. The van der Waals surface area contributed by atoms with Crippen molar-refractivity contribution in [3.8, 4) is 5.75 Å². The quantitative estimate of drug-likeness (QED) is 0.528. The second kappa shape index (κ2) is 9.80. The van der Waals surface area contributed by atoms with Gasteiger partial charge in [0, 0.05) is 0 Å². The summed E-state index contributed by atoms with van der Waals surface area (Å²) in [5.74, 6) is -0.987. The van der Waals surface area contributed by atoms with Gasteiger partial charge in [0.1, 0.15) is 11.6 Å². The van der Waals surface area contributed by atoms with E-state index in [-0.39, 0.29) is 23.2 Å². The molecule has 6 nitrogen and oxygen atoms in total. The minimum Gasteiger partial charge on any atom is -0.483 e. The van der Waals surface area contributed by atoms with E-state index in [2.05, 4.69) is 16.2 Å². The van der Waals surface area contributed by atoms with Crippen LogP contribution in [0.4, 0.5) is 4.39 Å². The van der Waals surface area contributed by atoms with E-state index in [9.17, 15) is 14.0 Å². The molecule has 28 heavy (non-hydrogen) atoms. The van der Waals surface area contributed by atoms with Gasteiger partial charge in [-0.15, -0.1) is 0 Å². The maximum absolute atomic E-state index is 13.6. The van der Waals surface area contributed by atoms with Gasteiger partial charge in [-0.25, -0.2) is 4.39 Å². The number of thiocarbonyl (C=S) groups is 1. The minimum atomic E-state index is -0.720. The fourth-order valence-corrected chi connectivity index (χ4v) is 2.54. The number of rotatable bonds is 5. The van der Waals surface area contributed by atoms with Gasteiger partial charge >= 0.3 is 0 Å². The lowest BCUT2D eigenvalue weighted by atomic mass is 10.0. The summed E-state index contributed by atoms with van der Waals surface area (Å²) in [5.41, 5.74) is 6.58. The molecule has 0 spiro atoms. The van der Waals surface area contributed by atoms with Gasteiger partial charge in [0.05, 0.1) is 5.56 Å². The summed E-state index contributed by atoms with van der Waals surface area (Å²) < 4.78 is 19.2. The summed E-state index contributed by atoms with van der Waals surface area (Å²) in [6.07, 6.45) is 0. The van der Waals surface area contributed by atoms with Crippen molar-refractivity contribution in [2.75, 3.05) is 6.61 Å². The van der Waals surface area contributed by atoms with E-state index in [1.54, 1.807) is 0 Å². The van der Waals surface area contributed by atoms with Gasteiger partial charge in [-0.2, -0.15) is 0 Å². The van der Waals surface area contributed by atoms with Crippen molar-refractivity contribution in [1.29, 1.82) is 0 Å². The Morgan fingerprint density at radius 1 is 1.14 bits per heavy atom. The zero-order chi connectivity index (χ0) is 20.7. The van der Waals surface area contributed by atoms with Crippen LogP contribution >= 0.6 is 12.2 Å². The van der Waals surface area contributed by atoms with Crippen LogP contribution in [0, 0.1) is 12.7 Å². The molecule has 0 aliphatic heterocycles. The van der Waals surface area contributed by atoms with Crippen molar-refractivity contribution < 1.29 is 18.7 Å². The number of benzene rings is 2. The van der Waals surface area contributed by atoms with Crippen molar-refractivity contribution in [2.45, 2.75) is 26.7 Å². The predicted octanol–water partition coefficient (Wildman–Crippen LogP) is 2.97. The lowest BCUT2D eigenvalue weighted by Crippen LogP contribution is -2.49. The Morgan fingerprint density at radius 2 is 1.86 bits per heavy atom. The number of hydrogen-bond donors (Lipinski definition) is 3. The normalized spacial score (nSPS) is 10.3. The molecule has 0 aromatic heterocycles. The second-order valence-corrected chi connectivity index (χ2v) is 6.83. The van der Waals surface area contributed by atoms with Crippen LogP contribution in [0.3, 0.4) is 0 Å². The van der Waals surface area contributed by atoms with Crippen LogP contribution < -0.4 is 20.9 Å². The first-order valence-electron chi connectivity index (χ1n) is 8.66. The lowest BCUT2D eigenvalue weighted by Gasteiger charge is -2.15. The molecule has 2 aromatic carbocycles.